The lowest BCUT2D eigenvalue weighted by Crippen LogP contribution is -2.31. The van der Waals surface area contributed by atoms with Crippen LogP contribution in [0.4, 0.5) is 0 Å². The average Bonchev–Trinajstić information content (AvgIpc) is 2.81. The molecule has 0 radical (unpaired) electrons. The van der Waals surface area contributed by atoms with Gasteiger partial charge in [0.15, 0.2) is 0 Å². The first-order chi connectivity index (χ1) is 8.70. The summed E-state index contributed by atoms with van der Waals surface area (Å²) in [4.78, 5) is 15.4. The first kappa shape index (κ1) is 13.0. The summed E-state index contributed by atoms with van der Waals surface area (Å²) in [7, 11) is 1.35. The zero-order chi connectivity index (χ0) is 13.0. The minimum Gasteiger partial charge on any atom is -0.465 e. The van der Waals surface area contributed by atoms with Crippen LogP contribution >= 0.6 is 0 Å². The Hall–Kier alpha value is -1.46. The summed E-state index contributed by atoms with van der Waals surface area (Å²) >= 11 is 0. The maximum Gasteiger partial charge on any atom is 0.339 e. The number of ether oxygens (including phenoxy) is 2. The van der Waals surface area contributed by atoms with Gasteiger partial charge in [-0.15, -0.1) is 0 Å². The Labute approximate surface area is 106 Å². The first-order valence-corrected chi connectivity index (χ1v) is 6.11. The number of pyridine rings is 1. The maximum absolute atomic E-state index is 11.2. The van der Waals surface area contributed by atoms with Gasteiger partial charge in [-0.3, -0.25) is 4.98 Å². The van der Waals surface area contributed by atoms with Crippen LogP contribution in [0.1, 0.15) is 35.3 Å². The Balaban J connectivity index is 1.88. The van der Waals surface area contributed by atoms with E-state index in [4.69, 9.17) is 10.5 Å². The second-order valence-electron chi connectivity index (χ2n) is 4.47. The molecule has 18 heavy (non-hydrogen) atoms. The third-order valence-electron chi connectivity index (χ3n) is 3.19. The predicted octanol–water partition coefficient (Wildman–Crippen LogP) is 1.26. The molecule has 2 unspecified atom stereocenters. The highest BCUT2D eigenvalue weighted by molar-refractivity contribution is 5.88. The summed E-state index contributed by atoms with van der Waals surface area (Å²) in [5.41, 5.74) is 7.16. The number of aromatic nitrogens is 1. The Morgan fingerprint density at radius 3 is 2.89 bits per heavy atom. The molecule has 0 aromatic carbocycles. The summed E-state index contributed by atoms with van der Waals surface area (Å²) in [6.45, 7) is 0.430. The zero-order valence-electron chi connectivity index (χ0n) is 10.5. The van der Waals surface area contributed by atoms with E-state index >= 15 is 0 Å². The SMILES string of the molecule is COC(=O)c1ccc(COC2CCCC2N)nc1. The van der Waals surface area contributed by atoms with E-state index in [1.54, 1.807) is 12.1 Å². The highest BCUT2D eigenvalue weighted by Gasteiger charge is 2.24. The lowest BCUT2D eigenvalue weighted by atomic mass is 10.2. The molecule has 2 N–H and O–H groups in total. The molecule has 1 aliphatic carbocycles. The second-order valence-corrected chi connectivity index (χ2v) is 4.47. The van der Waals surface area contributed by atoms with Crippen molar-refractivity contribution in [3.63, 3.8) is 0 Å². The highest BCUT2D eigenvalue weighted by atomic mass is 16.5. The summed E-state index contributed by atoms with van der Waals surface area (Å²) in [5.74, 6) is -0.382. The summed E-state index contributed by atoms with van der Waals surface area (Å²) in [6, 6.07) is 3.60. The molecular weight excluding hydrogens is 232 g/mol. The van der Waals surface area contributed by atoms with Crippen LogP contribution in [0.3, 0.4) is 0 Å². The second kappa shape index (κ2) is 5.93. The van der Waals surface area contributed by atoms with Crippen molar-refractivity contribution in [3.8, 4) is 0 Å². The van der Waals surface area contributed by atoms with Crippen molar-refractivity contribution in [2.24, 2.45) is 5.73 Å². The molecule has 0 bridgehead atoms. The van der Waals surface area contributed by atoms with E-state index in [2.05, 4.69) is 9.72 Å². The van der Waals surface area contributed by atoms with Crippen LogP contribution in [0.15, 0.2) is 18.3 Å². The van der Waals surface area contributed by atoms with E-state index in [9.17, 15) is 4.79 Å². The van der Waals surface area contributed by atoms with Gasteiger partial charge in [0.1, 0.15) is 0 Å². The Kier molecular flexibility index (Phi) is 4.28. The monoisotopic (exact) mass is 250 g/mol. The third-order valence-corrected chi connectivity index (χ3v) is 3.19. The smallest absolute Gasteiger partial charge is 0.339 e. The minimum absolute atomic E-state index is 0.132. The third kappa shape index (κ3) is 3.05. The van der Waals surface area contributed by atoms with Gasteiger partial charge in [0.25, 0.3) is 0 Å². The standard InChI is InChI=1S/C13H18N2O3/c1-17-13(16)9-5-6-10(15-7-9)8-18-12-4-2-3-11(12)14/h5-7,11-12H,2-4,8,14H2,1H3. The lowest BCUT2D eigenvalue weighted by Gasteiger charge is -2.15. The van der Waals surface area contributed by atoms with Gasteiger partial charge in [0.2, 0.25) is 0 Å². The van der Waals surface area contributed by atoms with Crippen molar-refractivity contribution < 1.29 is 14.3 Å². The van der Waals surface area contributed by atoms with Crippen LogP contribution < -0.4 is 5.73 Å². The number of hydrogen-bond acceptors (Lipinski definition) is 5. The van der Waals surface area contributed by atoms with Crippen LogP contribution in [-0.4, -0.2) is 30.2 Å². The first-order valence-electron chi connectivity index (χ1n) is 6.11. The zero-order valence-corrected chi connectivity index (χ0v) is 10.5. The van der Waals surface area contributed by atoms with Gasteiger partial charge in [-0.25, -0.2) is 4.79 Å². The molecule has 1 aromatic heterocycles. The molecule has 1 aliphatic rings. The Bertz CT molecular complexity index is 405. The van der Waals surface area contributed by atoms with E-state index in [0.29, 0.717) is 12.2 Å². The van der Waals surface area contributed by atoms with Crippen molar-refractivity contribution in [2.75, 3.05) is 7.11 Å². The minimum atomic E-state index is -0.382. The van der Waals surface area contributed by atoms with Crippen LogP contribution in [0.2, 0.25) is 0 Å². The van der Waals surface area contributed by atoms with Crippen molar-refractivity contribution >= 4 is 5.97 Å². The van der Waals surface area contributed by atoms with Gasteiger partial charge < -0.3 is 15.2 Å². The van der Waals surface area contributed by atoms with Gasteiger partial charge in [0, 0.05) is 12.2 Å². The van der Waals surface area contributed by atoms with Crippen LogP contribution in [-0.2, 0) is 16.1 Å². The van der Waals surface area contributed by atoms with Gasteiger partial charge in [-0.2, -0.15) is 0 Å². The number of esters is 1. The van der Waals surface area contributed by atoms with Crippen molar-refractivity contribution in [2.45, 2.75) is 38.0 Å². The normalized spacial score (nSPS) is 23.0. The average molecular weight is 250 g/mol. The van der Waals surface area contributed by atoms with Gasteiger partial charge in [0.05, 0.1) is 31.1 Å². The van der Waals surface area contributed by atoms with Crippen molar-refractivity contribution in [3.05, 3.63) is 29.6 Å². The number of carbonyl (C=O) groups is 1. The number of methoxy groups -OCH3 is 1. The predicted molar refractivity (Wildman–Crippen MR) is 66.0 cm³/mol. The molecule has 0 spiro atoms. The molecule has 1 aromatic rings. The van der Waals surface area contributed by atoms with E-state index < -0.39 is 0 Å². The number of carbonyl (C=O) groups excluding carboxylic acids is 1. The fourth-order valence-corrected chi connectivity index (χ4v) is 2.10. The van der Waals surface area contributed by atoms with Crippen molar-refractivity contribution in [1.29, 1.82) is 0 Å². The van der Waals surface area contributed by atoms with Gasteiger partial charge >= 0.3 is 5.97 Å². The lowest BCUT2D eigenvalue weighted by molar-refractivity contribution is 0.0338. The molecule has 0 amide bonds. The van der Waals surface area contributed by atoms with Crippen LogP contribution in [0.5, 0.6) is 0 Å². The van der Waals surface area contributed by atoms with Crippen molar-refractivity contribution in [1.82, 2.24) is 4.98 Å². The molecular formula is C13H18N2O3. The topological polar surface area (TPSA) is 74.4 Å². The number of nitrogens with two attached hydrogens (primary N) is 1. The molecule has 5 nitrogen and oxygen atoms in total. The molecule has 1 heterocycles. The summed E-state index contributed by atoms with van der Waals surface area (Å²) < 4.78 is 10.3. The molecule has 98 valence electrons. The maximum atomic E-state index is 11.2. The number of rotatable bonds is 4. The number of hydrogen-bond donors (Lipinski definition) is 1. The summed E-state index contributed by atoms with van der Waals surface area (Å²) in [6.07, 6.45) is 4.80. The van der Waals surface area contributed by atoms with Crippen LogP contribution in [0, 0.1) is 0 Å². The quantitative estimate of drug-likeness (QED) is 0.814. The highest BCUT2D eigenvalue weighted by Crippen LogP contribution is 2.21. The Morgan fingerprint density at radius 1 is 1.50 bits per heavy atom. The van der Waals surface area contributed by atoms with Crippen LogP contribution in [0.25, 0.3) is 0 Å². The molecule has 0 saturated heterocycles. The van der Waals surface area contributed by atoms with E-state index in [1.165, 1.54) is 13.3 Å². The molecule has 1 fully saturated rings. The molecule has 5 heteroatoms. The summed E-state index contributed by atoms with van der Waals surface area (Å²) in [5, 5.41) is 0. The Morgan fingerprint density at radius 2 is 2.33 bits per heavy atom. The fourth-order valence-electron chi connectivity index (χ4n) is 2.10. The van der Waals surface area contributed by atoms with E-state index in [-0.39, 0.29) is 18.1 Å². The molecule has 2 atom stereocenters. The fraction of sp³-hybridized carbons (Fsp3) is 0.538. The molecule has 1 saturated carbocycles. The van der Waals surface area contributed by atoms with E-state index in [1.807, 2.05) is 0 Å². The molecule has 2 rings (SSSR count). The van der Waals surface area contributed by atoms with E-state index in [0.717, 1.165) is 25.0 Å². The van der Waals surface area contributed by atoms with Gasteiger partial charge in [-0.1, -0.05) is 0 Å². The molecule has 0 aliphatic heterocycles. The van der Waals surface area contributed by atoms with Gasteiger partial charge in [-0.05, 0) is 31.4 Å². The largest absolute Gasteiger partial charge is 0.465 e. The number of nitrogens with zero attached hydrogens (tertiary/aromatic N) is 1.